The normalized spacial score (nSPS) is 22.0. The first-order chi connectivity index (χ1) is 6.27. The molecule has 1 saturated heterocycles. The summed E-state index contributed by atoms with van der Waals surface area (Å²) in [6, 6.07) is 5.00. The van der Waals surface area contributed by atoms with Crippen LogP contribution in [0.2, 0.25) is 0 Å². The molecule has 0 saturated carbocycles. The van der Waals surface area contributed by atoms with Crippen molar-refractivity contribution in [2.75, 3.05) is 13.6 Å². The van der Waals surface area contributed by atoms with Crippen molar-refractivity contribution in [2.45, 2.75) is 18.9 Å². The van der Waals surface area contributed by atoms with Gasteiger partial charge in [-0.2, -0.15) is 0 Å². The molecular weight excluding hydrogens is 287 g/mol. The van der Waals surface area contributed by atoms with Gasteiger partial charge in [-0.1, -0.05) is 0 Å². The van der Waals surface area contributed by atoms with Gasteiger partial charge in [-0.25, -0.2) is 4.57 Å². The van der Waals surface area contributed by atoms with E-state index in [9.17, 15) is 0 Å². The SMILES string of the molecule is CN1CCC[C@H]1c1ccc[n+](C)c1.[I-]. The Morgan fingerprint density at radius 2 is 2.29 bits per heavy atom. The molecule has 0 aliphatic carbocycles. The van der Waals surface area contributed by atoms with Crippen LogP contribution >= 0.6 is 0 Å². The highest BCUT2D eigenvalue weighted by molar-refractivity contribution is 5.12. The molecular formula is C11H17IN2. The minimum Gasteiger partial charge on any atom is -1.00 e. The molecule has 0 radical (unpaired) electrons. The van der Waals surface area contributed by atoms with Crippen LogP contribution in [0.25, 0.3) is 0 Å². The van der Waals surface area contributed by atoms with E-state index in [1.165, 1.54) is 24.9 Å². The number of hydrogen-bond donors (Lipinski definition) is 0. The Bertz CT molecular complexity index is 301. The van der Waals surface area contributed by atoms with E-state index in [0.29, 0.717) is 6.04 Å². The highest BCUT2D eigenvalue weighted by Gasteiger charge is 2.23. The van der Waals surface area contributed by atoms with E-state index < -0.39 is 0 Å². The molecule has 2 rings (SSSR count). The largest absolute Gasteiger partial charge is 1.00 e. The van der Waals surface area contributed by atoms with Crippen molar-refractivity contribution in [3.8, 4) is 0 Å². The molecule has 1 aliphatic rings. The monoisotopic (exact) mass is 304 g/mol. The summed E-state index contributed by atoms with van der Waals surface area (Å²) in [5.74, 6) is 0. The topological polar surface area (TPSA) is 7.12 Å². The van der Waals surface area contributed by atoms with Crippen LogP contribution in [-0.2, 0) is 7.05 Å². The summed E-state index contributed by atoms with van der Waals surface area (Å²) in [5, 5.41) is 0. The molecule has 0 bridgehead atoms. The molecule has 1 fully saturated rings. The van der Waals surface area contributed by atoms with E-state index in [1.54, 1.807) is 0 Å². The van der Waals surface area contributed by atoms with Crippen molar-refractivity contribution in [3.05, 3.63) is 30.1 Å². The molecule has 0 amide bonds. The van der Waals surface area contributed by atoms with Gasteiger partial charge in [0.2, 0.25) is 0 Å². The summed E-state index contributed by atoms with van der Waals surface area (Å²) in [5.41, 5.74) is 1.45. The molecule has 0 N–H and O–H groups in total. The minimum absolute atomic E-state index is 0. The van der Waals surface area contributed by atoms with Crippen LogP contribution in [0.3, 0.4) is 0 Å². The molecule has 1 atom stereocenters. The predicted molar refractivity (Wildman–Crippen MR) is 52.2 cm³/mol. The molecule has 14 heavy (non-hydrogen) atoms. The van der Waals surface area contributed by atoms with Gasteiger partial charge in [-0.15, -0.1) is 0 Å². The van der Waals surface area contributed by atoms with E-state index in [0.717, 1.165) is 0 Å². The molecule has 78 valence electrons. The van der Waals surface area contributed by atoms with Crippen LogP contribution in [0.5, 0.6) is 0 Å². The third-order valence-electron chi connectivity index (χ3n) is 2.87. The predicted octanol–water partition coefficient (Wildman–Crippen LogP) is -1.72. The Balaban J connectivity index is 0.000000980. The van der Waals surface area contributed by atoms with Gasteiger partial charge in [0.15, 0.2) is 12.4 Å². The number of likely N-dealkylation sites (tertiary alicyclic amines) is 1. The lowest BCUT2D eigenvalue weighted by Crippen LogP contribution is -3.00. The molecule has 2 nitrogen and oxygen atoms in total. The smallest absolute Gasteiger partial charge is 0.173 e. The fraction of sp³-hybridized carbons (Fsp3) is 0.545. The molecule has 2 heterocycles. The van der Waals surface area contributed by atoms with Gasteiger partial charge < -0.3 is 24.0 Å². The molecule has 1 aliphatic heterocycles. The van der Waals surface area contributed by atoms with Crippen LogP contribution in [0, 0.1) is 0 Å². The van der Waals surface area contributed by atoms with E-state index in [-0.39, 0.29) is 24.0 Å². The maximum atomic E-state index is 2.44. The van der Waals surface area contributed by atoms with Crippen molar-refractivity contribution < 1.29 is 28.5 Å². The van der Waals surface area contributed by atoms with Gasteiger partial charge in [-0.3, -0.25) is 4.90 Å². The van der Waals surface area contributed by atoms with E-state index in [4.69, 9.17) is 0 Å². The Morgan fingerprint density at radius 3 is 2.86 bits per heavy atom. The lowest BCUT2D eigenvalue weighted by atomic mass is 10.1. The molecule has 1 aromatic heterocycles. The maximum Gasteiger partial charge on any atom is 0.173 e. The van der Waals surface area contributed by atoms with Crippen LogP contribution in [0.1, 0.15) is 24.4 Å². The number of nitrogens with zero attached hydrogens (tertiary/aromatic N) is 2. The zero-order valence-electron chi connectivity index (χ0n) is 8.78. The number of aryl methyl sites for hydroxylation is 1. The molecule has 0 aromatic carbocycles. The highest BCUT2D eigenvalue weighted by Crippen LogP contribution is 2.28. The molecule has 0 spiro atoms. The number of rotatable bonds is 1. The van der Waals surface area contributed by atoms with Gasteiger partial charge in [-0.05, 0) is 32.5 Å². The molecule has 1 aromatic rings. The summed E-state index contributed by atoms with van der Waals surface area (Å²) >= 11 is 0. The Hall–Kier alpha value is -0.160. The van der Waals surface area contributed by atoms with E-state index >= 15 is 0 Å². The number of aromatic nitrogens is 1. The Kier molecular flexibility index (Phi) is 4.31. The Morgan fingerprint density at radius 1 is 1.50 bits per heavy atom. The van der Waals surface area contributed by atoms with Gasteiger partial charge in [0.25, 0.3) is 0 Å². The van der Waals surface area contributed by atoms with E-state index in [1.807, 2.05) is 0 Å². The van der Waals surface area contributed by atoms with Crippen LogP contribution in [0.15, 0.2) is 24.5 Å². The summed E-state index contributed by atoms with van der Waals surface area (Å²) in [6.45, 7) is 1.24. The lowest BCUT2D eigenvalue weighted by Gasteiger charge is -2.17. The third kappa shape index (κ3) is 2.45. The number of halogens is 1. The van der Waals surface area contributed by atoms with E-state index in [2.05, 4.69) is 48.1 Å². The van der Waals surface area contributed by atoms with Crippen molar-refractivity contribution >= 4 is 0 Å². The summed E-state index contributed by atoms with van der Waals surface area (Å²) in [7, 11) is 4.29. The van der Waals surface area contributed by atoms with Gasteiger partial charge >= 0.3 is 0 Å². The summed E-state index contributed by atoms with van der Waals surface area (Å²) < 4.78 is 2.13. The Labute approximate surface area is 103 Å². The first-order valence-electron chi connectivity index (χ1n) is 4.93. The fourth-order valence-corrected chi connectivity index (χ4v) is 2.14. The van der Waals surface area contributed by atoms with Crippen LogP contribution in [0.4, 0.5) is 0 Å². The quantitative estimate of drug-likeness (QED) is 0.442. The summed E-state index contributed by atoms with van der Waals surface area (Å²) in [6.07, 6.45) is 6.95. The number of hydrogen-bond acceptors (Lipinski definition) is 1. The highest BCUT2D eigenvalue weighted by atomic mass is 127. The minimum atomic E-state index is 0. The maximum absolute atomic E-state index is 2.44. The van der Waals surface area contributed by atoms with Crippen molar-refractivity contribution in [1.29, 1.82) is 0 Å². The van der Waals surface area contributed by atoms with Gasteiger partial charge in [0.05, 0.1) is 0 Å². The average Bonchev–Trinajstić information content (AvgIpc) is 2.51. The zero-order chi connectivity index (χ0) is 9.26. The van der Waals surface area contributed by atoms with Crippen molar-refractivity contribution in [2.24, 2.45) is 7.05 Å². The molecule has 3 heteroatoms. The number of pyridine rings is 1. The second kappa shape index (κ2) is 5.07. The zero-order valence-corrected chi connectivity index (χ0v) is 10.9. The lowest BCUT2D eigenvalue weighted by molar-refractivity contribution is -0.672. The fourth-order valence-electron chi connectivity index (χ4n) is 2.14. The second-order valence-corrected chi connectivity index (χ2v) is 3.94. The first kappa shape index (κ1) is 11.9. The summed E-state index contributed by atoms with van der Waals surface area (Å²) in [4.78, 5) is 2.44. The third-order valence-corrected chi connectivity index (χ3v) is 2.87. The first-order valence-corrected chi connectivity index (χ1v) is 4.93. The second-order valence-electron chi connectivity index (χ2n) is 3.94. The molecule has 0 unspecified atom stereocenters. The van der Waals surface area contributed by atoms with Gasteiger partial charge in [0.1, 0.15) is 7.05 Å². The van der Waals surface area contributed by atoms with Crippen molar-refractivity contribution in [1.82, 2.24) is 4.90 Å². The standard InChI is InChI=1S/C11H17N2.HI/c1-12-7-3-5-10(9-12)11-6-4-8-13(11)2;/h3,5,7,9,11H,4,6,8H2,1-2H3;1H/q+1;/p-1/t11-;/m0./s1. The van der Waals surface area contributed by atoms with Crippen LogP contribution in [-0.4, -0.2) is 18.5 Å². The van der Waals surface area contributed by atoms with Crippen molar-refractivity contribution in [3.63, 3.8) is 0 Å². The van der Waals surface area contributed by atoms with Gasteiger partial charge in [0, 0.05) is 17.7 Å². The average molecular weight is 304 g/mol. The van der Waals surface area contributed by atoms with Crippen LogP contribution < -0.4 is 28.5 Å².